The molecule has 0 unspecified atom stereocenters. The van der Waals surface area contributed by atoms with E-state index in [0.717, 1.165) is 11.8 Å². The lowest BCUT2D eigenvalue weighted by Gasteiger charge is -2.10. The van der Waals surface area contributed by atoms with E-state index in [4.69, 9.17) is 15.8 Å². The van der Waals surface area contributed by atoms with Gasteiger partial charge in [-0.15, -0.1) is 0 Å². The van der Waals surface area contributed by atoms with Crippen LogP contribution in [0.1, 0.15) is 5.56 Å². The first-order valence-electron chi connectivity index (χ1n) is 6.63. The van der Waals surface area contributed by atoms with Gasteiger partial charge in [-0.1, -0.05) is 23.7 Å². The lowest BCUT2D eigenvalue weighted by Crippen LogP contribution is -2.09. The van der Waals surface area contributed by atoms with Crippen molar-refractivity contribution in [3.05, 3.63) is 47.1 Å². The first-order valence-corrected chi connectivity index (χ1v) is 8.82. The fourth-order valence-corrected chi connectivity index (χ4v) is 2.89. The maximum Gasteiger partial charge on any atom is 0.307 e. The van der Waals surface area contributed by atoms with Gasteiger partial charge in [-0.2, -0.15) is 13.4 Å². The van der Waals surface area contributed by atoms with Crippen molar-refractivity contribution in [2.24, 2.45) is 0 Å². The molecule has 2 aromatic heterocycles. The van der Waals surface area contributed by atoms with Gasteiger partial charge >= 0.3 is 10.1 Å². The van der Waals surface area contributed by atoms with Crippen LogP contribution in [0.25, 0.3) is 22.4 Å². The quantitative estimate of drug-likeness (QED) is 0.676. The number of aromatic nitrogens is 3. The van der Waals surface area contributed by atoms with Crippen molar-refractivity contribution in [1.29, 1.82) is 0 Å². The Hall–Kier alpha value is -2.25. The van der Waals surface area contributed by atoms with Gasteiger partial charge in [0.15, 0.2) is 11.5 Å². The average Bonchev–Trinajstić information content (AvgIpc) is 2.45. The van der Waals surface area contributed by atoms with Crippen LogP contribution in [0.2, 0.25) is 5.02 Å². The van der Waals surface area contributed by atoms with Gasteiger partial charge in [-0.05, 0) is 30.7 Å². The van der Waals surface area contributed by atoms with E-state index in [2.05, 4.69) is 15.0 Å². The normalized spacial score (nSPS) is 11.6. The number of rotatable bonds is 3. The molecule has 118 valence electrons. The molecule has 6 nitrogen and oxygen atoms in total. The van der Waals surface area contributed by atoms with Crippen molar-refractivity contribution in [3.8, 4) is 17.3 Å². The molecule has 3 rings (SSSR count). The third-order valence-corrected chi connectivity index (χ3v) is 3.89. The molecule has 23 heavy (non-hydrogen) atoms. The van der Waals surface area contributed by atoms with Crippen LogP contribution < -0.4 is 4.18 Å². The number of pyridine rings is 1. The van der Waals surface area contributed by atoms with E-state index >= 15 is 0 Å². The largest absolute Gasteiger partial charge is 0.361 e. The number of halogens is 1. The van der Waals surface area contributed by atoms with E-state index in [1.165, 1.54) is 0 Å². The van der Waals surface area contributed by atoms with Crippen LogP contribution >= 0.6 is 11.6 Å². The molecule has 0 amide bonds. The number of hydrogen-bond acceptors (Lipinski definition) is 6. The van der Waals surface area contributed by atoms with E-state index in [1.54, 1.807) is 24.4 Å². The molecule has 0 N–H and O–H groups in total. The summed E-state index contributed by atoms with van der Waals surface area (Å²) in [6, 6.07) is 8.69. The fourth-order valence-electron chi connectivity index (χ4n) is 2.17. The van der Waals surface area contributed by atoms with E-state index < -0.39 is 10.1 Å². The molecule has 0 bridgehead atoms. The molecular weight excluding hydrogens is 338 g/mol. The molecule has 0 aliphatic heterocycles. The van der Waals surface area contributed by atoms with Crippen LogP contribution in [-0.4, -0.2) is 29.6 Å². The zero-order valence-electron chi connectivity index (χ0n) is 12.3. The Morgan fingerprint density at radius 1 is 1.13 bits per heavy atom. The minimum Gasteiger partial charge on any atom is -0.361 e. The summed E-state index contributed by atoms with van der Waals surface area (Å²) >= 11 is 6.24. The van der Waals surface area contributed by atoms with Crippen molar-refractivity contribution < 1.29 is 12.6 Å². The Balaban J connectivity index is 2.31. The van der Waals surface area contributed by atoms with Crippen LogP contribution in [0.3, 0.4) is 0 Å². The van der Waals surface area contributed by atoms with Crippen molar-refractivity contribution in [2.45, 2.75) is 6.92 Å². The zero-order chi connectivity index (χ0) is 16.6. The average molecular weight is 350 g/mol. The third kappa shape index (κ3) is 3.25. The summed E-state index contributed by atoms with van der Waals surface area (Å²) < 4.78 is 28.0. The molecule has 0 spiro atoms. The highest BCUT2D eigenvalue weighted by Crippen LogP contribution is 2.32. The lowest BCUT2D eigenvalue weighted by atomic mass is 10.1. The number of hydrogen-bond donors (Lipinski definition) is 0. The molecule has 3 aromatic rings. The van der Waals surface area contributed by atoms with Crippen molar-refractivity contribution >= 4 is 32.8 Å². The van der Waals surface area contributed by atoms with E-state index in [1.807, 2.05) is 19.1 Å². The highest BCUT2D eigenvalue weighted by atomic mass is 35.5. The topological polar surface area (TPSA) is 82.0 Å². The molecule has 0 atom stereocenters. The van der Waals surface area contributed by atoms with Crippen LogP contribution in [0.4, 0.5) is 0 Å². The van der Waals surface area contributed by atoms with E-state index in [-0.39, 0.29) is 11.7 Å². The Kier molecular flexibility index (Phi) is 3.91. The molecule has 0 aliphatic carbocycles. The molecular formula is C15H12ClN3O3S. The maximum atomic E-state index is 11.5. The second kappa shape index (κ2) is 5.75. The Labute approximate surface area is 138 Å². The minimum atomic E-state index is -3.74. The number of aryl methyl sites for hydroxylation is 1. The molecule has 2 heterocycles. The first kappa shape index (κ1) is 15.6. The first-order chi connectivity index (χ1) is 10.8. The predicted octanol–water partition coefficient (Wildman–Crippen LogP) is 2.99. The maximum absolute atomic E-state index is 11.5. The summed E-state index contributed by atoms with van der Waals surface area (Å²) in [5.41, 5.74) is 1.80. The molecule has 1 aromatic carbocycles. The lowest BCUT2D eigenvalue weighted by molar-refractivity contribution is 0.486. The van der Waals surface area contributed by atoms with Gasteiger partial charge in [-0.3, -0.25) is 0 Å². The Bertz CT molecular complexity index is 986. The summed E-state index contributed by atoms with van der Waals surface area (Å²) in [4.78, 5) is 12.8. The summed E-state index contributed by atoms with van der Waals surface area (Å²) in [6.45, 7) is 1.87. The van der Waals surface area contributed by atoms with Gasteiger partial charge in [-0.25, -0.2) is 9.97 Å². The molecule has 0 fully saturated rings. The Morgan fingerprint density at radius 3 is 2.61 bits per heavy atom. The fraction of sp³-hybridized carbons (Fsp3) is 0.133. The summed E-state index contributed by atoms with van der Waals surface area (Å²) in [7, 11) is -3.74. The van der Waals surface area contributed by atoms with Gasteiger partial charge < -0.3 is 4.18 Å². The number of benzene rings is 1. The SMILES string of the molecule is Cc1cccc(Cl)c1-c1nc(OS(C)(=O)=O)c2cccnc2n1. The van der Waals surface area contributed by atoms with Gasteiger partial charge in [0.2, 0.25) is 5.88 Å². The molecule has 8 heteroatoms. The number of nitrogens with zero attached hydrogens (tertiary/aromatic N) is 3. The summed E-state index contributed by atoms with van der Waals surface area (Å²) in [5, 5.41) is 0.872. The van der Waals surface area contributed by atoms with Crippen LogP contribution in [0.5, 0.6) is 5.88 Å². The van der Waals surface area contributed by atoms with Gasteiger partial charge in [0, 0.05) is 11.8 Å². The van der Waals surface area contributed by atoms with E-state index in [9.17, 15) is 8.42 Å². The highest BCUT2D eigenvalue weighted by molar-refractivity contribution is 7.86. The summed E-state index contributed by atoms with van der Waals surface area (Å²) in [6.07, 6.45) is 2.51. The minimum absolute atomic E-state index is 0.0695. The molecule has 0 saturated heterocycles. The molecule has 0 aliphatic rings. The summed E-state index contributed by atoms with van der Waals surface area (Å²) in [5.74, 6) is 0.192. The number of fused-ring (bicyclic) bond motifs is 1. The highest BCUT2D eigenvalue weighted by Gasteiger charge is 2.17. The van der Waals surface area contributed by atoms with Crippen LogP contribution in [0, 0.1) is 6.92 Å². The van der Waals surface area contributed by atoms with Gasteiger partial charge in [0.25, 0.3) is 0 Å². The second-order valence-corrected chi connectivity index (χ2v) is 6.93. The standard InChI is InChI=1S/C15H12ClN3O3S/c1-9-5-3-7-11(16)12(9)14-18-13-10(6-4-8-17-13)15(19-14)22-23(2,20)21/h3-8H,1-2H3. The van der Waals surface area contributed by atoms with Crippen molar-refractivity contribution in [1.82, 2.24) is 15.0 Å². The zero-order valence-corrected chi connectivity index (χ0v) is 13.9. The van der Waals surface area contributed by atoms with Crippen LogP contribution in [0.15, 0.2) is 36.5 Å². The van der Waals surface area contributed by atoms with Crippen molar-refractivity contribution in [3.63, 3.8) is 0 Å². The second-order valence-electron chi connectivity index (χ2n) is 4.95. The Morgan fingerprint density at radius 2 is 1.91 bits per heavy atom. The van der Waals surface area contributed by atoms with Crippen molar-refractivity contribution in [2.75, 3.05) is 6.26 Å². The monoisotopic (exact) mass is 349 g/mol. The van der Waals surface area contributed by atoms with Gasteiger partial charge in [0.1, 0.15) is 0 Å². The molecule has 0 radical (unpaired) electrons. The molecule has 0 saturated carbocycles. The smallest absolute Gasteiger partial charge is 0.307 e. The van der Waals surface area contributed by atoms with E-state index in [0.29, 0.717) is 21.6 Å². The van der Waals surface area contributed by atoms with Gasteiger partial charge in [0.05, 0.1) is 16.7 Å². The van der Waals surface area contributed by atoms with Crippen LogP contribution in [-0.2, 0) is 10.1 Å². The third-order valence-electron chi connectivity index (χ3n) is 3.11. The predicted molar refractivity (Wildman–Crippen MR) is 88.0 cm³/mol.